The highest BCUT2D eigenvalue weighted by atomic mass is 19.4. The fraction of sp³-hybridized carbons (Fsp3) is 0.400. The van der Waals surface area contributed by atoms with E-state index in [-0.39, 0.29) is 5.69 Å². The van der Waals surface area contributed by atoms with Crippen molar-refractivity contribution in [2.24, 2.45) is 0 Å². The summed E-state index contributed by atoms with van der Waals surface area (Å²) in [6, 6.07) is 2.09. The van der Waals surface area contributed by atoms with Gasteiger partial charge in [0.2, 0.25) is 0 Å². The first kappa shape index (κ1) is 20.3. The molecule has 138 valence electrons. The van der Waals surface area contributed by atoms with Crippen molar-refractivity contribution >= 4 is 23.7 Å². The number of anilines is 1. The number of rotatable bonds is 4. The van der Waals surface area contributed by atoms with E-state index < -0.39 is 47.4 Å². The lowest BCUT2D eigenvalue weighted by atomic mass is 10.1. The van der Waals surface area contributed by atoms with Crippen molar-refractivity contribution in [3.63, 3.8) is 0 Å². The monoisotopic (exact) mass is 362 g/mol. The smallest absolute Gasteiger partial charge is 0.416 e. The predicted octanol–water partition coefficient (Wildman–Crippen LogP) is 2.87. The van der Waals surface area contributed by atoms with Crippen LogP contribution in [-0.4, -0.2) is 35.2 Å². The summed E-state index contributed by atoms with van der Waals surface area (Å²) < 4.78 is 43.4. The minimum atomic E-state index is -4.72. The van der Waals surface area contributed by atoms with E-state index >= 15 is 0 Å². The van der Waals surface area contributed by atoms with Crippen LogP contribution in [-0.2, 0) is 15.7 Å². The molecule has 0 aromatic heterocycles. The van der Waals surface area contributed by atoms with Gasteiger partial charge in [-0.3, -0.25) is 14.9 Å². The molecule has 7 nitrogen and oxygen atoms in total. The lowest BCUT2D eigenvalue weighted by molar-refractivity contribution is -0.138. The molecular formula is C15H17F3N2O5. The third-order valence-electron chi connectivity index (χ3n) is 2.63. The van der Waals surface area contributed by atoms with Crippen LogP contribution >= 0.6 is 0 Å². The minimum Gasteiger partial charge on any atom is -0.480 e. The number of nitrogens with one attached hydrogen (secondary N) is 2. The molecule has 2 amide bonds. The van der Waals surface area contributed by atoms with Gasteiger partial charge in [0.05, 0.1) is 16.8 Å². The maximum Gasteiger partial charge on any atom is 0.416 e. The number of alkyl halides is 3. The molecule has 0 atom stereocenters. The highest BCUT2D eigenvalue weighted by Gasteiger charge is 2.32. The van der Waals surface area contributed by atoms with Crippen LogP contribution in [0.25, 0.3) is 0 Å². The number of benzene rings is 1. The van der Waals surface area contributed by atoms with Gasteiger partial charge in [-0.05, 0) is 39.0 Å². The van der Waals surface area contributed by atoms with E-state index in [2.05, 4.69) is 5.32 Å². The zero-order valence-electron chi connectivity index (χ0n) is 13.7. The summed E-state index contributed by atoms with van der Waals surface area (Å²) in [4.78, 5) is 34.2. The van der Waals surface area contributed by atoms with E-state index in [0.717, 1.165) is 6.07 Å². The number of aliphatic carboxylic acids is 1. The van der Waals surface area contributed by atoms with Crippen LogP contribution in [0, 0.1) is 0 Å². The fourth-order valence-electron chi connectivity index (χ4n) is 1.68. The Bertz CT molecular complexity index is 681. The zero-order valence-corrected chi connectivity index (χ0v) is 13.7. The Balaban J connectivity index is 3.16. The summed E-state index contributed by atoms with van der Waals surface area (Å²) in [6.45, 7) is 3.96. The predicted molar refractivity (Wildman–Crippen MR) is 81.3 cm³/mol. The molecule has 0 fully saturated rings. The molecule has 10 heteroatoms. The van der Waals surface area contributed by atoms with Gasteiger partial charge in [-0.1, -0.05) is 0 Å². The average Bonchev–Trinajstić information content (AvgIpc) is 2.41. The summed E-state index contributed by atoms with van der Waals surface area (Å²) in [7, 11) is 0. The van der Waals surface area contributed by atoms with Gasteiger partial charge in [0.1, 0.15) is 12.1 Å². The van der Waals surface area contributed by atoms with Crippen molar-refractivity contribution in [2.75, 3.05) is 11.9 Å². The maximum atomic E-state index is 12.8. The van der Waals surface area contributed by atoms with Gasteiger partial charge < -0.3 is 15.2 Å². The van der Waals surface area contributed by atoms with Crippen LogP contribution in [0.5, 0.6) is 0 Å². The Morgan fingerprint density at radius 2 is 1.76 bits per heavy atom. The molecule has 0 bridgehead atoms. The molecule has 0 heterocycles. The van der Waals surface area contributed by atoms with Gasteiger partial charge in [-0.25, -0.2) is 4.79 Å². The lowest BCUT2D eigenvalue weighted by Crippen LogP contribution is -2.31. The molecule has 1 aromatic rings. The standard InChI is InChI=1S/C15H17F3N2O5/c1-14(2,3)25-13(24)20-10-5-4-8(15(16,17)18)6-9(10)12(23)19-7-11(21)22/h4-6H,7H2,1-3H3,(H,19,23)(H,20,24)(H,21,22). The number of carboxylic acids is 1. The summed E-state index contributed by atoms with van der Waals surface area (Å²) in [5.41, 5.74) is -2.77. The molecule has 25 heavy (non-hydrogen) atoms. The van der Waals surface area contributed by atoms with E-state index in [1.807, 2.05) is 5.32 Å². The van der Waals surface area contributed by atoms with Crippen molar-refractivity contribution in [1.82, 2.24) is 5.32 Å². The Kier molecular flexibility index (Phi) is 6.01. The SMILES string of the molecule is CC(C)(C)OC(=O)Nc1ccc(C(F)(F)F)cc1C(=O)NCC(=O)O. The van der Waals surface area contributed by atoms with E-state index in [1.54, 1.807) is 20.8 Å². The average molecular weight is 362 g/mol. The second-order valence-electron chi connectivity index (χ2n) is 5.96. The number of halogens is 3. The molecule has 0 aliphatic heterocycles. The third kappa shape index (κ3) is 6.69. The Morgan fingerprint density at radius 1 is 1.16 bits per heavy atom. The summed E-state index contributed by atoms with van der Waals surface area (Å²) in [5, 5.41) is 12.7. The van der Waals surface area contributed by atoms with Gasteiger partial charge in [0.25, 0.3) is 5.91 Å². The molecule has 0 unspecified atom stereocenters. The van der Waals surface area contributed by atoms with Crippen LogP contribution in [0.15, 0.2) is 18.2 Å². The number of carboxylic acid groups (broad SMARTS) is 1. The molecule has 0 aliphatic carbocycles. The molecule has 1 aromatic carbocycles. The molecule has 3 N–H and O–H groups in total. The molecule has 0 saturated carbocycles. The van der Waals surface area contributed by atoms with Gasteiger partial charge >= 0.3 is 18.2 Å². The largest absolute Gasteiger partial charge is 0.480 e. The van der Waals surface area contributed by atoms with Crippen molar-refractivity contribution in [3.05, 3.63) is 29.3 Å². The number of hydrogen-bond donors (Lipinski definition) is 3. The normalized spacial score (nSPS) is 11.6. The molecule has 0 radical (unpaired) electrons. The second kappa shape index (κ2) is 7.41. The first-order chi connectivity index (χ1) is 11.3. The molecule has 0 saturated heterocycles. The highest BCUT2D eigenvalue weighted by Crippen LogP contribution is 2.32. The fourth-order valence-corrected chi connectivity index (χ4v) is 1.68. The van der Waals surface area contributed by atoms with Crippen molar-refractivity contribution < 1.29 is 37.4 Å². The first-order valence-electron chi connectivity index (χ1n) is 7.01. The van der Waals surface area contributed by atoms with Crippen molar-refractivity contribution in [1.29, 1.82) is 0 Å². The summed E-state index contributed by atoms with van der Waals surface area (Å²) >= 11 is 0. The first-order valence-corrected chi connectivity index (χ1v) is 7.01. The van der Waals surface area contributed by atoms with Crippen LogP contribution in [0.1, 0.15) is 36.7 Å². The molecule has 0 spiro atoms. The number of carbonyl (C=O) groups is 3. The number of carbonyl (C=O) groups excluding carboxylic acids is 2. The van der Waals surface area contributed by atoms with Gasteiger partial charge in [0.15, 0.2) is 0 Å². The van der Waals surface area contributed by atoms with E-state index in [0.29, 0.717) is 12.1 Å². The quantitative estimate of drug-likeness (QED) is 0.764. The molecule has 1 rings (SSSR count). The molecule has 0 aliphatic rings. The van der Waals surface area contributed by atoms with Crippen LogP contribution in [0.2, 0.25) is 0 Å². The maximum absolute atomic E-state index is 12.8. The van der Waals surface area contributed by atoms with Gasteiger partial charge in [-0.15, -0.1) is 0 Å². The number of ether oxygens (including phenoxy) is 1. The van der Waals surface area contributed by atoms with Gasteiger partial charge in [-0.2, -0.15) is 13.2 Å². The number of hydrogen-bond acceptors (Lipinski definition) is 4. The van der Waals surface area contributed by atoms with E-state index in [9.17, 15) is 27.6 Å². The minimum absolute atomic E-state index is 0.245. The molecular weight excluding hydrogens is 345 g/mol. The van der Waals surface area contributed by atoms with Crippen LogP contribution in [0.4, 0.5) is 23.7 Å². The van der Waals surface area contributed by atoms with E-state index in [4.69, 9.17) is 9.84 Å². The number of amides is 2. The lowest BCUT2D eigenvalue weighted by Gasteiger charge is -2.20. The topological polar surface area (TPSA) is 105 Å². The third-order valence-corrected chi connectivity index (χ3v) is 2.63. The van der Waals surface area contributed by atoms with Crippen LogP contribution in [0.3, 0.4) is 0 Å². The van der Waals surface area contributed by atoms with Crippen molar-refractivity contribution in [3.8, 4) is 0 Å². The van der Waals surface area contributed by atoms with Gasteiger partial charge in [0, 0.05) is 0 Å². The van der Waals surface area contributed by atoms with Crippen LogP contribution < -0.4 is 10.6 Å². The second-order valence-corrected chi connectivity index (χ2v) is 5.96. The van der Waals surface area contributed by atoms with Crippen molar-refractivity contribution in [2.45, 2.75) is 32.5 Å². The Labute approximate surface area is 141 Å². The highest BCUT2D eigenvalue weighted by molar-refractivity contribution is 6.03. The zero-order chi connectivity index (χ0) is 19.4. The van der Waals surface area contributed by atoms with E-state index in [1.165, 1.54) is 0 Å². The summed E-state index contributed by atoms with van der Waals surface area (Å²) in [6.07, 6.45) is -5.69. The summed E-state index contributed by atoms with van der Waals surface area (Å²) in [5.74, 6) is -2.46. The Morgan fingerprint density at radius 3 is 2.24 bits per heavy atom. The Hall–Kier alpha value is -2.78.